The van der Waals surface area contributed by atoms with Crippen LogP contribution in [-0.2, 0) is 4.79 Å². The van der Waals surface area contributed by atoms with Crippen LogP contribution in [0.3, 0.4) is 0 Å². The van der Waals surface area contributed by atoms with Crippen molar-refractivity contribution in [1.29, 1.82) is 0 Å². The minimum absolute atomic E-state index is 0.00140. The van der Waals surface area contributed by atoms with Gasteiger partial charge >= 0.3 is 5.97 Å². The number of aromatic carboxylic acids is 1. The first-order valence-electron chi connectivity index (χ1n) is 7.34. The van der Waals surface area contributed by atoms with E-state index in [0.29, 0.717) is 23.5 Å². The first-order chi connectivity index (χ1) is 11.1. The van der Waals surface area contributed by atoms with Crippen molar-refractivity contribution in [2.24, 2.45) is 0 Å². The maximum atomic E-state index is 11.8. The average Bonchev–Trinajstić information content (AvgIpc) is 3.04. The second kappa shape index (κ2) is 6.12. The van der Waals surface area contributed by atoms with Gasteiger partial charge in [-0.3, -0.25) is 19.7 Å². The van der Waals surface area contributed by atoms with Crippen LogP contribution >= 0.6 is 0 Å². The molecule has 0 unspecified atom stereocenters. The van der Waals surface area contributed by atoms with Crippen LogP contribution in [0.4, 0.5) is 0 Å². The number of carbonyl (C=O) groups excluding carboxylic acids is 1. The zero-order valence-corrected chi connectivity index (χ0v) is 12.6. The van der Waals surface area contributed by atoms with Crippen molar-refractivity contribution in [3.8, 4) is 11.3 Å². The van der Waals surface area contributed by atoms with Crippen molar-refractivity contribution < 1.29 is 14.7 Å². The molecule has 23 heavy (non-hydrogen) atoms. The molecule has 1 saturated heterocycles. The summed E-state index contributed by atoms with van der Waals surface area (Å²) in [6, 6.07) is 1.39. The van der Waals surface area contributed by atoms with E-state index in [9.17, 15) is 9.59 Å². The summed E-state index contributed by atoms with van der Waals surface area (Å²) in [6.45, 7) is 2.24. The molecular weight excluding hydrogens is 296 g/mol. The Bertz CT molecular complexity index is 762. The molecule has 1 atom stereocenters. The predicted octanol–water partition coefficient (Wildman–Crippen LogP) is 1.92. The summed E-state index contributed by atoms with van der Waals surface area (Å²) in [5.74, 6) is -1.04. The monoisotopic (exact) mass is 312 g/mol. The molecule has 0 saturated carbocycles. The first-order valence-corrected chi connectivity index (χ1v) is 7.34. The highest BCUT2D eigenvalue weighted by Gasteiger charge is 2.31. The fourth-order valence-corrected chi connectivity index (χ4v) is 2.93. The Hall–Kier alpha value is -2.83. The lowest BCUT2D eigenvalue weighted by Gasteiger charge is -2.24. The number of aromatic nitrogens is 3. The molecular formula is C16H16N4O3. The number of carboxylic acid groups (broad SMARTS) is 1. The molecule has 1 aliphatic heterocycles. The fraction of sp³-hybridized carbons (Fsp3) is 0.312. The Labute approximate surface area is 133 Å². The number of rotatable bonds is 3. The molecule has 0 spiro atoms. The number of nitrogens with zero attached hydrogens (tertiary/aromatic N) is 4. The van der Waals surface area contributed by atoms with E-state index in [1.807, 2.05) is 0 Å². The Morgan fingerprint density at radius 3 is 2.78 bits per heavy atom. The zero-order valence-electron chi connectivity index (χ0n) is 12.6. The van der Waals surface area contributed by atoms with Crippen LogP contribution in [0.25, 0.3) is 11.3 Å². The van der Waals surface area contributed by atoms with Gasteiger partial charge in [-0.05, 0) is 18.9 Å². The molecule has 0 aromatic carbocycles. The van der Waals surface area contributed by atoms with Crippen LogP contribution in [0, 0.1) is 0 Å². The highest BCUT2D eigenvalue weighted by atomic mass is 16.4. The van der Waals surface area contributed by atoms with Crippen molar-refractivity contribution in [1.82, 2.24) is 19.9 Å². The number of hydrogen-bond acceptors (Lipinski definition) is 5. The van der Waals surface area contributed by atoms with E-state index >= 15 is 0 Å². The van der Waals surface area contributed by atoms with Crippen LogP contribution < -0.4 is 0 Å². The average molecular weight is 312 g/mol. The first kappa shape index (κ1) is 15.1. The van der Waals surface area contributed by atoms with Crippen LogP contribution in [0.15, 0.2) is 30.9 Å². The minimum Gasteiger partial charge on any atom is -0.478 e. The molecule has 118 valence electrons. The number of carboxylic acids is 1. The van der Waals surface area contributed by atoms with Gasteiger partial charge in [0.15, 0.2) is 0 Å². The van der Waals surface area contributed by atoms with Crippen LogP contribution in [-0.4, -0.2) is 43.4 Å². The maximum Gasteiger partial charge on any atom is 0.337 e. The lowest BCUT2D eigenvalue weighted by molar-refractivity contribution is -0.129. The quantitative estimate of drug-likeness (QED) is 0.930. The van der Waals surface area contributed by atoms with E-state index in [-0.39, 0.29) is 17.5 Å². The third-order valence-electron chi connectivity index (χ3n) is 3.96. The SMILES string of the molecule is CC(=O)N1CCC[C@H]1c1nccnc1-c1cncc(C(=O)O)c1. The fourth-order valence-electron chi connectivity index (χ4n) is 2.93. The van der Waals surface area contributed by atoms with Crippen molar-refractivity contribution in [3.63, 3.8) is 0 Å². The third kappa shape index (κ3) is 2.90. The molecule has 7 heteroatoms. The summed E-state index contributed by atoms with van der Waals surface area (Å²) >= 11 is 0. The number of hydrogen-bond donors (Lipinski definition) is 1. The Morgan fingerprint density at radius 1 is 1.26 bits per heavy atom. The zero-order chi connectivity index (χ0) is 16.4. The number of carbonyl (C=O) groups is 2. The molecule has 3 heterocycles. The summed E-state index contributed by atoms with van der Waals surface area (Å²) in [4.78, 5) is 37.5. The van der Waals surface area contributed by atoms with Gasteiger partial charge in [0.25, 0.3) is 0 Å². The smallest absolute Gasteiger partial charge is 0.337 e. The van der Waals surface area contributed by atoms with E-state index in [0.717, 1.165) is 12.8 Å². The minimum atomic E-state index is -1.05. The van der Waals surface area contributed by atoms with Crippen LogP contribution in [0.5, 0.6) is 0 Å². The van der Waals surface area contributed by atoms with E-state index < -0.39 is 5.97 Å². The highest BCUT2D eigenvalue weighted by molar-refractivity contribution is 5.88. The number of amides is 1. The maximum absolute atomic E-state index is 11.8. The molecule has 1 amide bonds. The lowest BCUT2D eigenvalue weighted by Crippen LogP contribution is -2.29. The topological polar surface area (TPSA) is 96.3 Å². The van der Waals surface area contributed by atoms with Crippen molar-refractivity contribution in [3.05, 3.63) is 42.1 Å². The molecule has 2 aromatic rings. The third-order valence-corrected chi connectivity index (χ3v) is 3.96. The van der Waals surface area contributed by atoms with Gasteiger partial charge in [0.1, 0.15) is 0 Å². The summed E-state index contributed by atoms with van der Waals surface area (Å²) in [7, 11) is 0. The van der Waals surface area contributed by atoms with Crippen molar-refractivity contribution in [2.45, 2.75) is 25.8 Å². The van der Waals surface area contributed by atoms with Crippen molar-refractivity contribution >= 4 is 11.9 Å². The molecule has 0 radical (unpaired) electrons. The van der Waals surface area contributed by atoms with Crippen LogP contribution in [0.2, 0.25) is 0 Å². The molecule has 1 N–H and O–H groups in total. The summed E-state index contributed by atoms with van der Waals surface area (Å²) in [5, 5.41) is 9.12. The van der Waals surface area contributed by atoms with Gasteiger partial charge in [-0.25, -0.2) is 4.79 Å². The van der Waals surface area contributed by atoms with Gasteiger partial charge in [-0.1, -0.05) is 0 Å². The molecule has 1 fully saturated rings. The predicted molar refractivity (Wildman–Crippen MR) is 81.6 cm³/mol. The van der Waals surface area contributed by atoms with Crippen molar-refractivity contribution in [2.75, 3.05) is 6.54 Å². The van der Waals surface area contributed by atoms with Gasteiger partial charge in [-0.2, -0.15) is 0 Å². The Morgan fingerprint density at radius 2 is 2.04 bits per heavy atom. The van der Waals surface area contributed by atoms with Gasteiger partial charge in [0, 0.05) is 43.8 Å². The molecule has 2 aromatic heterocycles. The van der Waals surface area contributed by atoms with E-state index in [1.54, 1.807) is 30.4 Å². The number of pyridine rings is 1. The van der Waals surface area contributed by atoms with E-state index in [4.69, 9.17) is 5.11 Å². The Kier molecular flexibility index (Phi) is 4.01. The lowest BCUT2D eigenvalue weighted by atomic mass is 10.0. The van der Waals surface area contributed by atoms with E-state index in [2.05, 4.69) is 15.0 Å². The largest absolute Gasteiger partial charge is 0.478 e. The molecule has 0 aliphatic carbocycles. The summed E-state index contributed by atoms with van der Waals surface area (Å²) < 4.78 is 0. The van der Waals surface area contributed by atoms with Crippen LogP contribution in [0.1, 0.15) is 41.9 Å². The molecule has 0 bridgehead atoms. The molecule has 1 aliphatic rings. The number of likely N-dealkylation sites (tertiary alicyclic amines) is 1. The van der Waals surface area contributed by atoms with E-state index in [1.165, 1.54) is 12.3 Å². The summed E-state index contributed by atoms with van der Waals surface area (Å²) in [6.07, 6.45) is 7.72. The molecule has 3 rings (SSSR count). The second-order valence-corrected chi connectivity index (χ2v) is 5.43. The standard InChI is InChI=1S/C16H16N4O3/c1-10(21)20-6-2-3-13(20)15-14(18-4-5-19-15)11-7-12(16(22)23)9-17-8-11/h4-5,7-9,13H,2-3,6H2,1H3,(H,22,23)/t13-/m0/s1. The normalized spacial score (nSPS) is 17.3. The Balaban J connectivity index is 2.06. The second-order valence-electron chi connectivity index (χ2n) is 5.43. The van der Waals surface area contributed by atoms with Gasteiger partial charge < -0.3 is 10.0 Å². The van der Waals surface area contributed by atoms with Gasteiger partial charge in [0.05, 0.1) is 23.0 Å². The molecule has 7 nitrogen and oxygen atoms in total. The van der Waals surface area contributed by atoms with Gasteiger partial charge in [-0.15, -0.1) is 0 Å². The van der Waals surface area contributed by atoms with Gasteiger partial charge in [0.2, 0.25) is 5.91 Å². The summed E-state index contributed by atoms with van der Waals surface area (Å²) in [5.41, 5.74) is 1.93. The highest BCUT2D eigenvalue weighted by Crippen LogP contribution is 2.35.